The van der Waals surface area contributed by atoms with Gasteiger partial charge in [-0.3, -0.25) is 4.99 Å². The van der Waals surface area contributed by atoms with Gasteiger partial charge in [-0.05, 0) is 36.2 Å². The fourth-order valence-electron chi connectivity index (χ4n) is 2.87. The van der Waals surface area contributed by atoms with Crippen LogP contribution in [0.1, 0.15) is 17.2 Å². The van der Waals surface area contributed by atoms with Crippen LogP contribution in [0.4, 0.5) is 5.69 Å². The molecule has 6 nitrogen and oxygen atoms in total. The van der Waals surface area contributed by atoms with Gasteiger partial charge in [-0.1, -0.05) is 54.2 Å². The number of aliphatic imine (C=N–C) groups is 1. The van der Waals surface area contributed by atoms with E-state index < -0.39 is 12.3 Å². The molecule has 0 saturated carbocycles. The summed E-state index contributed by atoms with van der Waals surface area (Å²) in [7, 11) is 0. The van der Waals surface area contributed by atoms with Crippen LogP contribution in [0.3, 0.4) is 0 Å². The summed E-state index contributed by atoms with van der Waals surface area (Å²) in [6.45, 7) is 1.85. The highest BCUT2D eigenvalue weighted by Gasteiger charge is 2.25. The number of hydrogen-bond donors (Lipinski definition) is 5. The van der Waals surface area contributed by atoms with Gasteiger partial charge in [0, 0.05) is 12.2 Å². The predicted molar refractivity (Wildman–Crippen MR) is 112 cm³/mol. The third kappa shape index (κ3) is 5.97. The van der Waals surface area contributed by atoms with Crippen LogP contribution in [0.5, 0.6) is 0 Å². The van der Waals surface area contributed by atoms with E-state index in [1.165, 1.54) is 17.3 Å². The molecule has 6 N–H and O–H groups in total. The van der Waals surface area contributed by atoms with E-state index in [0.29, 0.717) is 18.3 Å². The molecule has 7 heteroatoms. The van der Waals surface area contributed by atoms with E-state index in [1.54, 1.807) is 0 Å². The van der Waals surface area contributed by atoms with E-state index >= 15 is 0 Å². The largest absolute Gasteiger partial charge is 0.387 e. The minimum Gasteiger partial charge on any atom is -0.387 e. The summed E-state index contributed by atoms with van der Waals surface area (Å²) < 4.78 is 0. The normalized spacial score (nSPS) is 18.7. The van der Waals surface area contributed by atoms with Crippen molar-refractivity contribution >= 4 is 22.6 Å². The molecule has 27 heavy (non-hydrogen) atoms. The Morgan fingerprint density at radius 3 is 2.52 bits per heavy atom. The van der Waals surface area contributed by atoms with Crippen molar-refractivity contribution in [3.05, 3.63) is 65.7 Å². The van der Waals surface area contributed by atoms with Gasteiger partial charge < -0.3 is 26.6 Å². The number of aliphatic hydroxyl groups excluding tert-OH is 2. The Bertz CT molecular complexity index is 739. The van der Waals surface area contributed by atoms with Crippen molar-refractivity contribution < 1.29 is 10.2 Å². The molecule has 1 aliphatic rings. The molecule has 0 fully saturated rings. The van der Waals surface area contributed by atoms with E-state index in [0.717, 1.165) is 24.2 Å². The lowest BCUT2D eigenvalue weighted by Gasteiger charge is -2.19. The molecule has 144 valence electrons. The van der Waals surface area contributed by atoms with Crippen LogP contribution < -0.4 is 16.4 Å². The third-order valence-electron chi connectivity index (χ3n) is 4.43. The highest BCUT2D eigenvalue weighted by Crippen LogP contribution is 2.23. The second kappa shape index (κ2) is 9.75. The maximum absolute atomic E-state index is 10.2. The fraction of sp³-hybridized carbons (Fsp3) is 0.350. The number of benzene rings is 2. The van der Waals surface area contributed by atoms with Gasteiger partial charge in [0.15, 0.2) is 5.17 Å². The number of anilines is 1. The SMILES string of the molecule is NC1=NC[C@H](C(O)Nc2ccc(CCNC[C@H](O)c3ccccc3)cc2)S1. The molecule has 1 heterocycles. The number of hydrogen-bond acceptors (Lipinski definition) is 7. The molecule has 0 bridgehead atoms. The van der Waals surface area contributed by atoms with Crippen molar-refractivity contribution in [1.82, 2.24) is 5.32 Å². The molecule has 1 aliphatic heterocycles. The zero-order chi connectivity index (χ0) is 19.1. The summed E-state index contributed by atoms with van der Waals surface area (Å²) in [6, 6.07) is 17.7. The van der Waals surface area contributed by atoms with E-state index in [4.69, 9.17) is 5.73 Å². The Kier molecular flexibility index (Phi) is 7.11. The number of nitrogens with one attached hydrogen (secondary N) is 2. The summed E-state index contributed by atoms with van der Waals surface area (Å²) in [6.07, 6.45) is -0.315. The summed E-state index contributed by atoms with van der Waals surface area (Å²) in [4.78, 5) is 4.10. The van der Waals surface area contributed by atoms with Crippen molar-refractivity contribution in [2.45, 2.75) is 24.0 Å². The molecule has 0 aliphatic carbocycles. The molecule has 0 aromatic heterocycles. The van der Waals surface area contributed by atoms with Gasteiger partial charge in [-0.2, -0.15) is 0 Å². The monoisotopic (exact) mass is 386 g/mol. The van der Waals surface area contributed by atoms with Crippen molar-refractivity contribution in [3.8, 4) is 0 Å². The lowest BCUT2D eigenvalue weighted by molar-refractivity contribution is 0.175. The number of nitrogens with two attached hydrogens (primary N) is 1. The molecule has 3 rings (SSSR count). The standard InChI is InChI=1S/C20H26N4O2S/c21-20-23-13-18(27-20)19(26)24-16-8-6-14(7-9-16)10-11-22-12-17(25)15-4-2-1-3-5-15/h1-9,17-19,22,24-26H,10-13H2,(H2,21,23)/t17-,18+,19?/m0/s1. The Hall–Kier alpha value is -2.06. The molecule has 2 aromatic carbocycles. The van der Waals surface area contributed by atoms with Crippen molar-refractivity contribution in [3.63, 3.8) is 0 Å². The molecular formula is C20H26N4O2S. The Morgan fingerprint density at radius 1 is 1.11 bits per heavy atom. The van der Waals surface area contributed by atoms with Crippen LogP contribution in [0.25, 0.3) is 0 Å². The first kappa shape index (κ1) is 19.7. The molecule has 0 amide bonds. The first-order valence-electron chi connectivity index (χ1n) is 9.05. The van der Waals surface area contributed by atoms with Gasteiger partial charge in [0.1, 0.15) is 6.23 Å². The molecule has 3 atom stereocenters. The van der Waals surface area contributed by atoms with Crippen LogP contribution in [-0.2, 0) is 6.42 Å². The second-order valence-corrected chi connectivity index (χ2v) is 7.76. The van der Waals surface area contributed by atoms with Gasteiger partial charge >= 0.3 is 0 Å². The van der Waals surface area contributed by atoms with Gasteiger partial charge in [-0.15, -0.1) is 0 Å². The highest BCUT2D eigenvalue weighted by molar-refractivity contribution is 8.14. The smallest absolute Gasteiger partial charge is 0.154 e. The number of aliphatic hydroxyl groups is 2. The number of amidine groups is 1. The minimum absolute atomic E-state index is 0.0510. The molecule has 2 aromatic rings. The molecular weight excluding hydrogens is 360 g/mol. The average molecular weight is 387 g/mol. The maximum atomic E-state index is 10.2. The van der Waals surface area contributed by atoms with Crippen LogP contribution in [0, 0.1) is 0 Å². The number of thioether (sulfide) groups is 1. The summed E-state index contributed by atoms with van der Waals surface area (Å²) in [5.41, 5.74) is 8.62. The highest BCUT2D eigenvalue weighted by atomic mass is 32.2. The molecule has 0 radical (unpaired) electrons. The summed E-state index contributed by atoms with van der Waals surface area (Å²) >= 11 is 1.40. The zero-order valence-electron chi connectivity index (χ0n) is 15.1. The van der Waals surface area contributed by atoms with Crippen LogP contribution in [-0.4, -0.2) is 46.5 Å². The van der Waals surface area contributed by atoms with Crippen LogP contribution in [0.2, 0.25) is 0 Å². The van der Waals surface area contributed by atoms with E-state index in [2.05, 4.69) is 15.6 Å². The second-order valence-electron chi connectivity index (χ2n) is 6.50. The lowest BCUT2D eigenvalue weighted by Crippen LogP contribution is -2.32. The van der Waals surface area contributed by atoms with Crippen LogP contribution in [0.15, 0.2) is 59.6 Å². The van der Waals surface area contributed by atoms with Gasteiger partial charge in [-0.25, -0.2) is 0 Å². The maximum Gasteiger partial charge on any atom is 0.154 e. The Morgan fingerprint density at radius 2 is 1.85 bits per heavy atom. The van der Waals surface area contributed by atoms with Crippen molar-refractivity contribution in [2.75, 3.05) is 25.0 Å². The minimum atomic E-state index is -0.688. The quantitative estimate of drug-likeness (QED) is 0.332. The average Bonchev–Trinajstić information content (AvgIpc) is 3.13. The van der Waals surface area contributed by atoms with Gasteiger partial charge in [0.05, 0.1) is 17.9 Å². The predicted octanol–water partition coefficient (Wildman–Crippen LogP) is 1.71. The topological polar surface area (TPSA) is 103 Å². The van der Waals surface area contributed by atoms with Crippen LogP contribution >= 0.6 is 11.8 Å². The molecule has 0 saturated heterocycles. The zero-order valence-corrected chi connectivity index (χ0v) is 15.9. The molecule has 1 unspecified atom stereocenters. The van der Waals surface area contributed by atoms with E-state index in [-0.39, 0.29) is 5.25 Å². The summed E-state index contributed by atoms with van der Waals surface area (Å²) in [5.74, 6) is 0. The Labute approximate surface area is 163 Å². The lowest BCUT2D eigenvalue weighted by atomic mass is 10.1. The van der Waals surface area contributed by atoms with Crippen molar-refractivity contribution in [2.24, 2.45) is 10.7 Å². The van der Waals surface area contributed by atoms with E-state index in [9.17, 15) is 10.2 Å². The first-order valence-corrected chi connectivity index (χ1v) is 9.93. The van der Waals surface area contributed by atoms with Crippen molar-refractivity contribution in [1.29, 1.82) is 0 Å². The van der Waals surface area contributed by atoms with Gasteiger partial charge in [0.25, 0.3) is 0 Å². The van der Waals surface area contributed by atoms with E-state index in [1.807, 2.05) is 54.6 Å². The third-order valence-corrected chi connectivity index (χ3v) is 5.51. The summed E-state index contributed by atoms with van der Waals surface area (Å²) in [5, 5.41) is 27.2. The number of nitrogens with zero attached hydrogens (tertiary/aromatic N) is 1. The fourth-order valence-corrected chi connectivity index (χ4v) is 3.68. The Balaban J connectivity index is 1.38. The first-order chi connectivity index (χ1) is 13.1. The number of rotatable bonds is 9. The molecule has 0 spiro atoms. The van der Waals surface area contributed by atoms with Gasteiger partial charge in [0.2, 0.25) is 0 Å².